The quantitative estimate of drug-likeness (QED) is 0.689. The molecule has 0 radical (unpaired) electrons. The molecule has 1 atom stereocenters. The van der Waals surface area contributed by atoms with Crippen LogP contribution in [0.25, 0.3) is 0 Å². The molecule has 0 N–H and O–H groups in total. The minimum atomic E-state index is -0.798. The van der Waals surface area contributed by atoms with Crippen LogP contribution in [0.2, 0.25) is 0 Å². The van der Waals surface area contributed by atoms with E-state index in [-0.39, 0.29) is 0 Å². The molecule has 0 aromatic heterocycles. The first kappa shape index (κ1) is 9.79. The number of hydrogen-bond donors (Lipinski definition) is 0. The summed E-state index contributed by atoms with van der Waals surface area (Å²) in [6.45, 7) is 2.06. The highest BCUT2D eigenvalue weighted by Gasteiger charge is 2.13. The second kappa shape index (κ2) is 5.36. The predicted octanol–water partition coefficient (Wildman–Crippen LogP) is 2.60. The minimum Gasteiger partial charge on any atom is -0.164 e. The number of benzene rings is 1. The predicted molar refractivity (Wildman–Crippen MR) is 56.6 cm³/mol. The Kier molecular flexibility index (Phi) is 4.37. The van der Waals surface area contributed by atoms with E-state index in [1.807, 2.05) is 30.3 Å². The maximum atomic E-state index is 5.46. The molecule has 0 spiro atoms. The number of hydrogen-bond acceptors (Lipinski definition) is 2. The Morgan fingerprint density at radius 1 is 1.33 bits per heavy atom. The third kappa shape index (κ3) is 2.98. The van der Waals surface area contributed by atoms with Crippen LogP contribution in [-0.4, -0.2) is 6.61 Å². The molecule has 0 fully saturated rings. The first-order valence-electron chi connectivity index (χ1n) is 4.00. The Balaban J connectivity index is 2.54. The van der Waals surface area contributed by atoms with Gasteiger partial charge >= 0.3 is 6.92 Å². The largest absolute Gasteiger partial charge is 0.377 e. The fourth-order valence-corrected chi connectivity index (χ4v) is 2.30. The van der Waals surface area contributed by atoms with Crippen LogP contribution in [0.15, 0.2) is 30.3 Å². The summed E-state index contributed by atoms with van der Waals surface area (Å²) < 4.78 is 5.46. The molecule has 12 heavy (non-hydrogen) atoms. The van der Waals surface area contributed by atoms with Gasteiger partial charge in [0.2, 0.25) is 11.8 Å². The lowest BCUT2D eigenvalue weighted by atomic mass is 10.4. The standard InChI is InChI=1S/C9H12OPS/c1-2-8-10-11(12)9-6-4-3-5-7-9/h3-7H,2,8H2,1H3/q+1. The lowest BCUT2D eigenvalue weighted by Crippen LogP contribution is -1.96. The summed E-state index contributed by atoms with van der Waals surface area (Å²) in [5.41, 5.74) is 0. The van der Waals surface area contributed by atoms with Gasteiger partial charge in [0, 0.05) is 0 Å². The van der Waals surface area contributed by atoms with Crippen LogP contribution in [0.1, 0.15) is 13.3 Å². The zero-order chi connectivity index (χ0) is 8.81. The molecule has 1 unspecified atom stereocenters. The molecule has 0 bridgehead atoms. The van der Waals surface area contributed by atoms with E-state index in [1.165, 1.54) is 0 Å². The molecule has 0 aliphatic heterocycles. The molecule has 1 aromatic rings. The third-order valence-electron chi connectivity index (χ3n) is 1.38. The van der Waals surface area contributed by atoms with Crippen LogP contribution in [0.3, 0.4) is 0 Å². The van der Waals surface area contributed by atoms with E-state index in [2.05, 4.69) is 6.92 Å². The summed E-state index contributed by atoms with van der Waals surface area (Å²) >= 11 is 5.21. The number of rotatable bonds is 4. The van der Waals surface area contributed by atoms with Crippen molar-refractivity contribution in [2.75, 3.05) is 6.61 Å². The van der Waals surface area contributed by atoms with Gasteiger partial charge in [-0.1, -0.05) is 25.1 Å². The van der Waals surface area contributed by atoms with Gasteiger partial charge in [0.25, 0.3) is 0 Å². The highest BCUT2D eigenvalue weighted by molar-refractivity contribution is 8.06. The Hall–Kier alpha value is -0.300. The Bertz CT molecular complexity index is 248. The van der Waals surface area contributed by atoms with Crippen molar-refractivity contribution >= 4 is 24.0 Å². The average Bonchev–Trinajstić information content (AvgIpc) is 2.15. The van der Waals surface area contributed by atoms with Gasteiger partial charge in [-0.15, -0.1) is 0 Å². The van der Waals surface area contributed by atoms with E-state index < -0.39 is 6.92 Å². The van der Waals surface area contributed by atoms with Crippen LogP contribution in [0.5, 0.6) is 0 Å². The van der Waals surface area contributed by atoms with E-state index in [9.17, 15) is 0 Å². The van der Waals surface area contributed by atoms with Crippen LogP contribution in [0.4, 0.5) is 0 Å². The van der Waals surface area contributed by atoms with Crippen molar-refractivity contribution in [1.29, 1.82) is 0 Å². The van der Waals surface area contributed by atoms with Crippen LogP contribution >= 0.6 is 6.92 Å². The molecular weight excluding hydrogens is 187 g/mol. The molecule has 64 valence electrons. The van der Waals surface area contributed by atoms with E-state index in [0.717, 1.165) is 18.3 Å². The van der Waals surface area contributed by atoms with Crippen LogP contribution in [-0.2, 0) is 16.3 Å². The maximum Gasteiger partial charge on any atom is 0.377 e. The van der Waals surface area contributed by atoms with Crippen LogP contribution in [0, 0.1) is 0 Å². The van der Waals surface area contributed by atoms with Crippen molar-refractivity contribution in [3.63, 3.8) is 0 Å². The highest BCUT2D eigenvalue weighted by Crippen LogP contribution is 2.21. The van der Waals surface area contributed by atoms with Gasteiger partial charge in [-0.25, -0.2) is 0 Å². The smallest absolute Gasteiger partial charge is 0.164 e. The van der Waals surface area contributed by atoms with Gasteiger partial charge in [-0.05, 0) is 18.6 Å². The molecule has 0 saturated carbocycles. The molecular formula is C9H12OPS+. The average molecular weight is 199 g/mol. The molecule has 1 nitrogen and oxygen atoms in total. The van der Waals surface area contributed by atoms with E-state index in [1.54, 1.807) is 0 Å². The normalized spacial score (nSPS) is 11.2. The van der Waals surface area contributed by atoms with Crippen molar-refractivity contribution in [3.8, 4) is 0 Å². The van der Waals surface area contributed by atoms with Gasteiger partial charge in [0.1, 0.15) is 6.61 Å². The molecule has 0 heterocycles. The second-order valence-corrected chi connectivity index (χ2v) is 4.71. The summed E-state index contributed by atoms with van der Waals surface area (Å²) in [5, 5.41) is 1.14. The molecule has 0 saturated heterocycles. The topological polar surface area (TPSA) is 9.23 Å². The molecule has 1 rings (SSSR count). The lowest BCUT2D eigenvalue weighted by Gasteiger charge is -1.89. The Labute approximate surface area is 79.3 Å². The monoisotopic (exact) mass is 199 g/mol. The van der Waals surface area contributed by atoms with Gasteiger partial charge in [-0.3, -0.25) is 0 Å². The first-order valence-corrected chi connectivity index (χ1v) is 6.27. The van der Waals surface area contributed by atoms with Crippen LogP contribution < -0.4 is 5.30 Å². The van der Waals surface area contributed by atoms with E-state index in [0.29, 0.717) is 0 Å². The minimum absolute atomic E-state index is 0.768. The highest BCUT2D eigenvalue weighted by atomic mass is 32.4. The van der Waals surface area contributed by atoms with Crippen molar-refractivity contribution < 1.29 is 4.52 Å². The first-order chi connectivity index (χ1) is 5.84. The summed E-state index contributed by atoms with van der Waals surface area (Å²) in [6, 6.07) is 10.0. The Morgan fingerprint density at radius 3 is 2.58 bits per heavy atom. The van der Waals surface area contributed by atoms with Gasteiger partial charge in [0.05, 0.1) is 0 Å². The SMILES string of the molecule is CCCO[P+](=S)c1ccccc1. The fourth-order valence-electron chi connectivity index (χ4n) is 0.798. The molecule has 1 aromatic carbocycles. The summed E-state index contributed by atoms with van der Waals surface area (Å²) in [5.74, 6) is 0. The lowest BCUT2D eigenvalue weighted by molar-refractivity contribution is 0.365. The van der Waals surface area contributed by atoms with E-state index >= 15 is 0 Å². The molecule has 0 amide bonds. The van der Waals surface area contributed by atoms with Crippen molar-refractivity contribution in [3.05, 3.63) is 30.3 Å². The second-order valence-electron chi connectivity index (χ2n) is 2.43. The molecule has 0 aliphatic rings. The van der Waals surface area contributed by atoms with Gasteiger partial charge in [0.15, 0.2) is 5.30 Å². The molecule has 0 aliphatic carbocycles. The summed E-state index contributed by atoms with van der Waals surface area (Å²) in [4.78, 5) is 0. The van der Waals surface area contributed by atoms with Gasteiger partial charge in [-0.2, -0.15) is 4.52 Å². The zero-order valence-electron chi connectivity index (χ0n) is 7.06. The molecule has 3 heteroatoms. The van der Waals surface area contributed by atoms with Gasteiger partial charge < -0.3 is 0 Å². The van der Waals surface area contributed by atoms with Crippen molar-refractivity contribution in [1.82, 2.24) is 0 Å². The van der Waals surface area contributed by atoms with E-state index in [4.69, 9.17) is 16.3 Å². The van der Waals surface area contributed by atoms with Crippen molar-refractivity contribution in [2.24, 2.45) is 0 Å². The zero-order valence-corrected chi connectivity index (χ0v) is 8.78. The Morgan fingerprint density at radius 2 is 2.00 bits per heavy atom. The third-order valence-corrected chi connectivity index (χ3v) is 3.47. The maximum absolute atomic E-state index is 5.46. The van der Waals surface area contributed by atoms with Crippen molar-refractivity contribution in [2.45, 2.75) is 13.3 Å². The summed E-state index contributed by atoms with van der Waals surface area (Å²) in [6.07, 6.45) is 1.03. The summed E-state index contributed by atoms with van der Waals surface area (Å²) in [7, 11) is 0. The fraction of sp³-hybridized carbons (Fsp3) is 0.333.